The smallest absolute Gasteiger partial charge is 0.389 e. The summed E-state index contributed by atoms with van der Waals surface area (Å²) in [4.78, 5) is 0. The molecule has 3 N–H and O–H groups in total. The zero-order valence-electron chi connectivity index (χ0n) is 10.4. The first-order chi connectivity index (χ1) is 8.89. The summed E-state index contributed by atoms with van der Waals surface area (Å²) in [5.74, 6) is 5.73. The van der Waals surface area contributed by atoms with Gasteiger partial charge in [0.05, 0.1) is 6.04 Å². The van der Waals surface area contributed by atoms with Crippen LogP contribution in [0.15, 0.2) is 28.7 Å². The topological polar surface area (TPSA) is 51.2 Å². The molecule has 6 heteroatoms. The molecule has 1 aromatic carbocycles. The molecule has 19 heavy (non-hydrogen) atoms. The summed E-state index contributed by atoms with van der Waals surface area (Å²) in [5, 5.41) is 0.863. The van der Waals surface area contributed by atoms with Gasteiger partial charge in [-0.15, -0.1) is 0 Å². The number of furan rings is 1. The van der Waals surface area contributed by atoms with Crippen molar-refractivity contribution in [3.8, 4) is 0 Å². The molecular weight excluding hydrogens is 257 g/mol. The first kappa shape index (κ1) is 13.9. The Labute approximate surface area is 108 Å². The lowest BCUT2D eigenvalue weighted by Gasteiger charge is -2.14. The summed E-state index contributed by atoms with van der Waals surface area (Å²) in [5.41, 5.74) is 4.08. The minimum Gasteiger partial charge on any atom is -0.459 e. The van der Waals surface area contributed by atoms with E-state index in [1.807, 2.05) is 19.1 Å². The molecule has 0 saturated heterocycles. The quantitative estimate of drug-likeness (QED) is 0.660. The van der Waals surface area contributed by atoms with Crippen molar-refractivity contribution in [1.82, 2.24) is 5.43 Å². The van der Waals surface area contributed by atoms with Crippen molar-refractivity contribution in [2.45, 2.75) is 32.0 Å². The Morgan fingerprint density at radius 1 is 1.32 bits per heavy atom. The van der Waals surface area contributed by atoms with Gasteiger partial charge in [-0.1, -0.05) is 11.6 Å². The van der Waals surface area contributed by atoms with Crippen LogP contribution in [0.5, 0.6) is 0 Å². The molecule has 0 saturated carbocycles. The standard InChI is InChI=1S/C13H15F3N2O/c1-8-2-3-11-9(6-8)7-12(19-11)10(18-17)4-5-13(14,15)16/h2-3,6-7,10,18H,4-5,17H2,1H3. The number of halogens is 3. The predicted molar refractivity (Wildman–Crippen MR) is 66.3 cm³/mol. The normalized spacial score (nSPS) is 13.9. The van der Waals surface area contributed by atoms with Gasteiger partial charge >= 0.3 is 6.18 Å². The predicted octanol–water partition coefficient (Wildman–Crippen LogP) is 3.59. The summed E-state index contributed by atoms with van der Waals surface area (Å²) in [7, 11) is 0. The van der Waals surface area contributed by atoms with Crippen molar-refractivity contribution < 1.29 is 17.6 Å². The minimum absolute atomic E-state index is 0.154. The second-order valence-corrected chi connectivity index (χ2v) is 4.56. The van der Waals surface area contributed by atoms with Crippen LogP contribution in [0, 0.1) is 6.92 Å². The summed E-state index contributed by atoms with van der Waals surface area (Å²) in [6.45, 7) is 1.94. The maximum atomic E-state index is 12.2. The number of fused-ring (bicyclic) bond motifs is 1. The van der Waals surface area contributed by atoms with Crippen LogP contribution in [0.4, 0.5) is 13.2 Å². The molecule has 0 aliphatic carbocycles. The highest BCUT2D eigenvalue weighted by molar-refractivity contribution is 5.78. The van der Waals surface area contributed by atoms with Crippen LogP contribution in [0.3, 0.4) is 0 Å². The fourth-order valence-electron chi connectivity index (χ4n) is 1.97. The molecule has 0 aliphatic heterocycles. The van der Waals surface area contributed by atoms with E-state index in [2.05, 4.69) is 5.43 Å². The van der Waals surface area contributed by atoms with Crippen molar-refractivity contribution in [2.24, 2.45) is 5.84 Å². The number of aryl methyl sites for hydroxylation is 1. The monoisotopic (exact) mass is 272 g/mol. The molecule has 3 nitrogen and oxygen atoms in total. The highest BCUT2D eigenvalue weighted by atomic mass is 19.4. The summed E-state index contributed by atoms with van der Waals surface area (Å²) >= 11 is 0. The van der Waals surface area contributed by atoms with E-state index in [4.69, 9.17) is 10.3 Å². The van der Waals surface area contributed by atoms with Crippen LogP contribution < -0.4 is 11.3 Å². The Morgan fingerprint density at radius 3 is 2.68 bits per heavy atom. The van der Waals surface area contributed by atoms with Crippen molar-refractivity contribution in [2.75, 3.05) is 0 Å². The van der Waals surface area contributed by atoms with Gasteiger partial charge in [0.1, 0.15) is 11.3 Å². The molecule has 1 atom stereocenters. The second kappa shape index (κ2) is 5.22. The summed E-state index contributed by atoms with van der Waals surface area (Å²) < 4.78 is 42.2. The lowest BCUT2D eigenvalue weighted by molar-refractivity contribution is -0.136. The van der Waals surface area contributed by atoms with E-state index >= 15 is 0 Å². The maximum Gasteiger partial charge on any atom is 0.389 e. The average Bonchev–Trinajstić information content (AvgIpc) is 2.71. The third-order valence-corrected chi connectivity index (χ3v) is 2.95. The lowest BCUT2D eigenvalue weighted by atomic mass is 10.1. The molecular formula is C13H15F3N2O. The second-order valence-electron chi connectivity index (χ2n) is 4.56. The van der Waals surface area contributed by atoms with Crippen LogP contribution in [0.25, 0.3) is 11.0 Å². The van der Waals surface area contributed by atoms with Crippen LogP contribution in [0.2, 0.25) is 0 Å². The lowest BCUT2D eigenvalue weighted by Crippen LogP contribution is -2.28. The van der Waals surface area contributed by atoms with E-state index in [9.17, 15) is 13.2 Å². The first-order valence-electron chi connectivity index (χ1n) is 5.92. The van der Waals surface area contributed by atoms with Crippen LogP contribution in [-0.2, 0) is 0 Å². The van der Waals surface area contributed by atoms with Gasteiger partial charge in [-0.3, -0.25) is 5.84 Å². The molecule has 0 bridgehead atoms. The third-order valence-electron chi connectivity index (χ3n) is 2.95. The molecule has 2 aromatic rings. The van der Waals surface area contributed by atoms with Gasteiger partial charge in [-0.2, -0.15) is 13.2 Å². The van der Waals surface area contributed by atoms with E-state index in [1.54, 1.807) is 12.1 Å². The van der Waals surface area contributed by atoms with Crippen LogP contribution >= 0.6 is 0 Å². The number of hydrogen-bond donors (Lipinski definition) is 2. The van der Waals surface area contributed by atoms with E-state index in [1.165, 1.54) is 0 Å². The average molecular weight is 272 g/mol. The van der Waals surface area contributed by atoms with E-state index < -0.39 is 18.6 Å². The van der Waals surface area contributed by atoms with Crippen LogP contribution in [0.1, 0.15) is 30.2 Å². The Morgan fingerprint density at radius 2 is 2.05 bits per heavy atom. The van der Waals surface area contributed by atoms with Gasteiger partial charge in [0.25, 0.3) is 0 Å². The molecule has 2 rings (SSSR count). The SMILES string of the molecule is Cc1ccc2oc(C(CCC(F)(F)F)NN)cc2c1. The number of rotatable bonds is 4. The molecule has 1 heterocycles. The molecule has 1 unspecified atom stereocenters. The maximum absolute atomic E-state index is 12.2. The Balaban J connectivity index is 2.20. The van der Waals surface area contributed by atoms with E-state index in [0.29, 0.717) is 11.3 Å². The van der Waals surface area contributed by atoms with Crippen molar-refractivity contribution in [3.63, 3.8) is 0 Å². The van der Waals surface area contributed by atoms with Gasteiger partial charge in [-0.25, -0.2) is 5.43 Å². The molecule has 0 amide bonds. The number of nitrogens with one attached hydrogen (secondary N) is 1. The number of hydrazine groups is 1. The molecule has 0 aliphatic rings. The van der Waals surface area contributed by atoms with Gasteiger partial charge in [-0.05, 0) is 31.5 Å². The minimum atomic E-state index is -4.20. The van der Waals surface area contributed by atoms with E-state index in [0.717, 1.165) is 10.9 Å². The molecule has 0 radical (unpaired) electrons. The molecule has 104 valence electrons. The number of nitrogens with two attached hydrogens (primary N) is 1. The summed E-state index contributed by atoms with van der Waals surface area (Å²) in [6, 6.07) is 6.68. The number of hydrogen-bond acceptors (Lipinski definition) is 3. The van der Waals surface area contributed by atoms with Gasteiger partial charge in [0, 0.05) is 11.8 Å². The fraction of sp³-hybridized carbons (Fsp3) is 0.385. The zero-order valence-corrected chi connectivity index (χ0v) is 10.4. The Kier molecular flexibility index (Phi) is 3.82. The molecule has 0 spiro atoms. The van der Waals surface area contributed by atoms with Gasteiger partial charge in [0.2, 0.25) is 0 Å². The molecule has 0 fully saturated rings. The summed E-state index contributed by atoms with van der Waals surface area (Å²) in [6.07, 6.45) is -5.26. The zero-order chi connectivity index (χ0) is 14.0. The Hall–Kier alpha value is -1.53. The highest BCUT2D eigenvalue weighted by Gasteiger charge is 2.29. The van der Waals surface area contributed by atoms with Gasteiger partial charge in [0.15, 0.2) is 0 Å². The van der Waals surface area contributed by atoms with E-state index in [-0.39, 0.29) is 6.42 Å². The van der Waals surface area contributed by atoms with Crippen LogP contribution in [-0.4, -0.2) is 6.18 Å². The third kappa shape index (κ3) is 3.48. The van der Waals surface area contributed by atoms with Gasteiger partial charge < -0.3 is 4.42 Å². The number of benzene rings is 1. The van der Waals surface area contributed by atoms with Crippen molar-refractivity contribution >= 4 is 11.0 Å². The Bertz CT molecular complexity index is 563. The van der Waals surface area contributed by atoms with Crippen molar-refractivity contribution in [3.05, 3.63) is 35.6 Å². The first-order valence-corrected chi connectivity index (χ1v) is 5.92. The number of alkyl halides is 3. The highest BCUT2D eigenvalue weighted by Crippen LogP contribution is 2.30. The molecule has 1 aromatic heterocycles. The fourth-order valence-corrected chi connectivity index (χ4v) is 1.97. The van der Waals surface area contributed by atoms with Crippen molar-refractivity contribution in [1.29, 1.82) is 0 Å². The largest absolute Gasteiger partial charge is 0.459 e.